The summed E-state index contributed by atoms with van der Waals surface area (Å²) in [5, 5.41) is 6.46. The van der Waals surface area contributed by atoms with Crippen molar-refractivity contribution >= 4 is 5.96 Å². The Kier molecular flexibility index (Phi) is 7.55. The van der Waals surface area contributed by atoms with Crippen LogP contribution in [0.5, 0.6) is 0 Å². The molecular weight excluding hydrogens is 228 g/mol. The number of aliphatic imine (C=N–C) groups is 1. The number of guanidine groups is 1. The van der Waals surface area contributed by atoms with Crippen molar-refractivity contribution in [2.24, 2.45) is 4.99 Å². The predicted molar refractivity (Wildman–Crippen MR) is 73.5 cm³/mol. The maximum Gasteiger partial charge on any atom is 0.191 e. The summed E-state index contributed by atoms with van der Waals surface area (Å²) in [5.74, 6) is 0.819. The molecule has 0 amide bonds. The lowest BCUT2D eigenvalue weighted by molar-refractivity contribution is 0.195. The van der Waals surface area contributed by atoms with Crippen LogP contribution in [0.2, 0.25) is 0 Å². The van der Waals surface area contributed by atoms with Crippen molar-refractivity contribution in [1.29, 1.82) is 0 Å². The molecule has 0 unspecified atom stereocenters. The Bertz CT molecular complexity index is 340. The van der Waals surface area contributed by atoms with Gasteiger partial charge in [-0.15, -0.1) is 0 Å². The van der Waals surface area contributed by atoms with Gasteiger partial charge in [0, 0.05) is 33.0 Å². The molecule has 0 aliphatic heterocycles. The number of rotatable bonds is 7. The number of nitrogens with zero attached hydrogens (tertiary/aromatic N) is 2. The summed E-state index contributed by atoms with van der Waals surface area (Å²) in [6.07, 6.45) is 2.74. The third-order valence-electron chi connectivity index (χ3n) is 2.29. The smallest absolute Gasteiger partial charge is 0.191 e. The van der Waals surface area contributed by atoms with E-state index in [1.165, 1.54) is 0 Å². The normalized spacial score (nSPS) is 11.3. The monoisotopic (exact) mass is 250 g/mol. The quantitative estimate of drug-likeness (QED) is 0.433. The maximum absolute atomic E-state index is 5.00. The molecule has 0 atom stereocenters. The molecule has 1 rings (SSSR count). The molecule has 0 aliphatic rings. The molecule has 5 heteroatoms. The Morgan fingerprint density at radius 1 is 1.39 bits per heavy atom. The molecule has 0 aliphatic carbocycles. The van der Waals surface area contributed by atoms with E-state index in [2.05, 4.69) is 20.6 Å². The molecule has 0 saturated heterocycles. The first kappa shape index (κ1) is 14.4. The minimum atomic E-state index is 0.584. The van der Waals surface area contributed by atoms with Gasteiger partial charge in [0.15, 0.2) is 5.96 Å². The second kappa shape index (κ2) is 9.41. The number of ether oxygens (including phenoxy) is 1. The summed E-state index contributed by atoms with van der Waals surface area (Å²) >= 11 is 0. The summed E-state index contributed by atoms with van der Waals surface area (Å²) < 4.78 is 5.00. The van der Waals surface area contributed by atoms with Crippen molar-refractivity contribution < 1.29 is 4.74 Å². The van der Waals surface area contributed by atoms with E-state index in [0.29, 0.717) is 6.54 Å². The van der Waals surface area contributed by atoms with Gasteiger partial charge in [-0.1, -0.05) is 6.07 Å². The van der Waals surface area contributed by atoms with Gasteiger partial charge in [0.05, 0.1) is 12.2 Å². The van der Waals surface area contributed by atoms with Crippen LogP contribution in [-0.2, 0) is 11.3 Å². The molecule has 100 valence electrons. The molecule has 0 fully saturated rings. The minimum Gasteiger partial charge on any atom is -0.385 e. The molecule has 0 saturated carbocycles. The fraction of sp³-hybridized carbons (Fsp3) is 0.538. The molecule has 1 heterocycles. The summed E-state index contributed by atoms with van der Waals surface area (Å²) in [4.78, 5) is 8.71. The number of hydrogen-bond donors (Lipinski definition) is 2. The number of hydrogen-bond acceptors (Lipinski definition) is 3. The van der Waals surface area contributed by atoms with Crippen LogP contribution in [0.25, 0.3) is 0 Å². The van der Waals surface area contributed by atoms with Crippen molar-refractivity contribution in [1.82, 2.24) is 15.6 Å². The van der Waals surface area contributed by atoms with E-state index >= 15 is 0 Å². The largest absolute Gasteiger partial charge is 0.385 e. The number of pyridine rings is 1. The van der Waals surface area contributed by atoms with Gasteiger partial charge in [-0.25, -0.2) is 4.99 Å². The molecule has 0 spiro atoms. The zero-order chi connectivity index (χ0) is 13.1. The molecule has 1 aromatic rings. The van der Waals surface area contributed by atoms with Crippen LogP contribution in [0.1, 0.15) is 19.0 Å². The van der Waals surface area contributed by atoms with Crippen LogP contribution in [0, 0.1) is 0 Å². The fourth-order valence-electron chi connectivity index (χ4n) is 1.42. The Morgan fingerprint density at radius 3 is 2.94 bits per heavy atom. The van der Waals surface area contributed by atoms with Crippen LogP contribution in [0.4, 0.5) is 0 Å². The van der Waals surface area contributed by atoms with Gasteiger partial charge >= 0.3 is 0 Å². The molecule has 18 heavy (non-hydrogen) atoms. The van der Waals surface area contributed by atoms with Gasteiger partial charge in [0.1, 0.15) is 0 Å². The zero-order valence-corrected chi connectivity index (χ0v) is 11.1. The molecule has 2 N–H and O–H groups in total. The van der Waals surface area contributed by atoms with Crippen LogP contribution in [-0.4, -0.2) is 37.7 Å². The highest BCUT2D eigenvalue weighted by molar-refractivity contribution is 5.79. The van der Waals surface area contributed by atoms with Crippen LogP contribution in [0.15, 0.2) is 29.4 Å². The van der Waals surface area contributed by atoms with E-state index in [0.717, 1.165) is 37.8 Å². The van der Waals surface area contributed by atoms with E-state index in [-0.39, 0.29) is 0 Å². The van der Waals surface area contributed by atoms with Crippen molar-refractivity contribution in [3.8, 4) is 0 Å². The van der Waals surface area contributed by atoms with Gasteiger partial charge in [-0.05, 0) is 25.5 Å². The average Bonchev–Trinajstić information content (AvgIpc) is 2.42. The highest BCUT2D eigenvalue weighted by Gasteiger charge is 1.97. The standard InChI is InChI=1S/C13H22N4O/c1-3-14-13(16-9-6-10-18-2)17-11-12-7-4-5-8-15-12/h4-5,7-8H,3,6,9-11H2,1-2H3,(H2,14,16,17). The second-order valence-corrected chi connectivity index (χ2v) is 3.79. The molecule has 5 nitrogen and oxygen atoms in total. The molecule has 1 aromatic heterocycles. The van der Waals surface area contributed by atoms with Crippen molar-refractivity contribution in [3.63, 3.8) is 0 Å². The van der Waals surface area contributed by atoms with Crippen molar-refractivity contribution in [2.75, 3.05) is 26.8 Å². The Morgan fingerprint density at radius 2 is 2.28 bits per heavy atom. The Labute approximate surface area is 109 Å². The van der Waals surface area contributed by atoms with Gasteiger partial charge in [0.25, 0.3) is 0 Å². The van der Waals surface area contributed by atoms with E-state index in [4.69, 9.17) is 4.74 Å². The predicted octanol–water partition coefficient (Wildman–Crippen LogP) is 1.17. The topological polar surface area (TPSA) is 58.5 Å². The van der Waals surface area contributed by atoms with Crippen molar-refractivity contribution in [3.05, 3.63) is 30.1 Å². The minimum absolute atomic E-state index is 0.584. The summed E-state index contributed by atoms with van der Waals surface area (Å²) in [7, 11) is 1.71. The van der Waals surface area contributed by atoms with Crippen LogP contribution in [0.3, 0.4) is 0 Å². The van der Waals surface area contributed by atoms with E-state index in [1.807, 2.05) is 25.1 Å². The van der Waals surface area contributed by atoms with E-state index < -0.39 is 0 Å². The molecule has 0 radical (unpaired) electrons. The first-order chi connectivity index (χ1) is 8.86. The van der Waals surface area contributed by atoms with Gasteiger partial charge < -0.3 is 15.4 Å². The lowest BCUT2D eigenvalue weighted by atomic mass is 10.3. The molecule has 0 bridgehead atoms. The molecular formula is C13H22N4O. The summed E-state index contributed by atoms with van der Waals surface area (Å²) in [6.45, 7) is 5.08. The third-order valence-corrected chi connectivity index (χ3v) is 2.29. The molecule has 0 aromatic carbocycles. The van der Waals surface area contributed by atoms with Crippen molar-refractivity contribution in [2.45, 2.75) is 19.9 Å². The Balaban J connectivity index is 2.40. The number of nitrogens with one attached hydrogen (secondary N) is 2. The van der Waals surface area contributed by atoms with Gasteiger partial charge in [-0.2, -0.15) is 0 Å². The second-order valence-electron chi connectivity index (χ2n) is 3.79. The fourth-order valence-corrected chi connectivity index (χ4v) is 1.42. The average molecular weight is 250 g/mol. The SMILES string of the molecule is CCNC(=NCc1ccccn1)NCCCOC. The van der Waals surface area contributed by atoms with Crippen LogP contribution < -0.4 is 10.6 Å². The zero-order valence-electron chi connectivity index (χ0n) is 11.1. The van der Waals surface area contributed by atoms with Gasteiger partial charge in [-0.3, -0.25) is 4.98 Å². The Hall–Kier alpha value is -1.62. The van der Waals surface area contributed by atoms with E-state index in [1.54, 1.807) is 13.3 Å². The summed E-state index contributed by atoms with van der Waals surface area (Å²) in [6, 6.07) is 5.84. The summed E-state index contributed by atoms with van der Waals surface area (Å²) in [5.41, 5.74) is 0.964. The highest BCUT2D eigenvalue weighted by atomic mass is 16.5. The first-order valence-corrected chi connectivity index (χ1v) is 6.28. The van der Waals surface area contributed by atoms with E-state index in [9.17, 15) is 0 Å². The van der Waals surface area contributed by atoms with Crippen LogP contribution >= 0.6 is 0 Å². The highest BCUT2D eigenvalue weighted by Crippen LogP contribution is 1.95. The number of aromatic nitrogens is 1. The maximum atomic E-state index is 5.00. The first-order valence-electron chi connectivity index (χ1n) is 6.28. The third kappa shape index (κ3) is 6.20. The lowest BCUT2D eigenvalue weighted by Gasteiger charge is -2.10. The van der Waals surface area contributed by atoms with Gasteiger partial charge in [0.2, 0.25) is 0 Å². The number of methoxy groups -OCH3 is 1. The lowest BCUT2D eigenvalue weighted by Crippen LogP contribution is -2.38.